The maximum Gasteiger partial charge on any atom is 0.0193 e. The number of piperazine rings is 1. The van der Waals surface area contributed by atoms with E-state index in [1.54, 1.807) is 0 Å². The molecule has 12 heavy (non-hydrogen) atoms. The van der Waals surface area contributed by atoms with Crippen molar-refractivity contribution in [2.45, 2.75) is 51.6 Å². The molecule has 2 unspecified atom stereocenters. The topological polar surface area (TPSA) is 24.1 Å². The van der Waals surface area contributed by atoms with Crippen molar-refractivity contribution in [1.82, 2.24) is 10.6 Å². The number of hydrogen-bond donors (Lipinski definition) is 2. The fourth-order valence-corrected chi connectivity index (χ4v) is 1.87. The first kappa shape index (κ1) is 10.0. The molecule has 2 atom stereocenters. The largest absolute Gasteiger partial charge is 0.311 e. The molecular weight excluding hydrogens is 148 g/mol. The minimum absolute atomic E-state index is 0.725. The highest BCUT2D eigenvalue weighted by Gasteiger charge is 2.17. The summed E-state index contributed by atoms with van der Waals surface area (Å²) in [6.45, 7) is 6.83. The van der Waals surface area contributed by atoms with Gasteiger partial charge in [0.25, 0.3) is 0 Å². The Kier molecular flexibility index (Phi) is 4.62. The molecular formula is C10H22N2. The van der Waals surface area contributed by atoms with Gasteiger partial charge in [-0.3, -0.25) is 0 Å². The molecule has 0 spiro atoms. The predicted molar refractivity (Wildman–Crippen MR) is 53.4 cm³/mol. The summed E-state index contributed by atoms with van der Waals surface area (Å²) in [4.78, 5) is 0. The summed E-state index contributed by atoms with van der Waals surface area (Å²) in [5.74, 6) is 0. The Labute approximate surface area is 76.1 Å². The SMILES string of the molecule is CCCC1CNC(CCC)CN1. The van der Waals surface area contributed by atoms with Gasteiger partial charge < -0.3 is 10.6 Å². The molecule has 0 aromatic carbocycles. The van der Waals surface area contributed by atoms with Crippen LogP contribution in [0, 0.1) is 0 Å². The van der Waals surface area contributed by atoms with Crippen molar-refractivity contribution in [3.8, 4) is 0 Å². The Morgan fingerprint density at radius 3 is 1.58 bits per heavy atom. The van der Waals surface area contributed by atoms with Crippen LogP contribution in [0.5, 0.6) is 0 Å². The number of nitrogens with one attached hydrogen (secondary N) is 2. The molecule has 0 radical (unpaired) electrons. The van der Waals surface area contributed by atoms with Gasteiger partial charge in [0.05, 0.1) is 0 Å². The normalized spacial score (nSPS) is 30.5. The van der Waals surface area contributed by atoms with E-state index in [1.165, 1.54) is 38.8 Å². The van der Waals surface area contributed by atoms with Gasteiger partial charge in [-0.25, -0.2) is 0 Å². The summed E-state index contributed by atoms with van der Waals surface area (Å²) in [7, 11) is 0. The smallest absolute Gasteiger partial charge is 0.0193 e. The molecule has 0 amide bonds. The highest BCUT2D eigenvalue weighted by atomic mass is 15.1. The Morgan fingerprint density at radius 2 is 1.33 bits per heavy atom. The monoisotopic (exact) mass is 170 g/mol. The molecule has 0 aliphatic carbocycles. The van der Waals surface area contributed by atoms with Crippen molar-refractivity contribution in [1.29, 1.82) is 0 Å². The van der Waals surface area contributed by atoms with Gasteiger partial charge in [-0.2, -0.15) is 0 Å². The van der Waals surface area contributed by atoms with E-state index in [0.717, 1.165) is 12.1 Å². The maximum absolute atomic E-state index is 3.59. The molecule has 1 heterocycles. The van der Waals surface area contributed by atoms with Crippen LogP contribution in [-0.2, 0) is 0 Å². The van der Waals surface area contributed by atoms with Gasteiger partial charge in [0.15, 0.2) is 0 Å². The summed E-state index contributed by atoms with van der Waals surface area (Å²) in [5, 5.41) is 7.18. The van der Waals surface area contributed by atoms with Crippen LogP contribution >= 0.6 is 0 Å². The van der Waals surface area contributed by atoms with Crippen molar-refractivity contribution >= 4 is 0 Å². The minimum Gasteiger partial charge on any atom is -0.311 e. The summed E-state index contributed by atoms with van der Waals surface area (Å²) in [6, 6.07) is 1.45. The molecule has 0 bridgehead atoms. The molecule has 1 rings (SSSR count). The van der Waals surface area contributed by atoms with Gasteiger partial charge in [0.2, 0.25) is 0 Å². The Balaban J connectivity index is 2.11. The first-order valence-corrected chi connectivity index (χ1v) is 5.33. The second-order valence-corrected chi connectivity index (χ2v) is 3.79. The lowest BCUT2D eigenvalue weighted by Gasteiger charge is -2.30. The van der Waals surface area contributed by atoms with Gasteiger partial charge in [0, 0.05) is 25.2 Å². The molecule has 2 nitrogen and oxygen atoms in total. The zero-order valence-corrected chi connectivity index (χ0v) is 8.40. The number of hydrogen-bond acceptors (Lipinski definition) is 2. The molecule has 0 saturated carbocycles. The molecule has 0 aromatic rings. The fraction of sp³-hybridized carbons (Fsp3) is 1.00. The van der Waals surface area contributed by atoms with E-state index in [9.17, 15) is 0 Å². The molecule has 1 aliphatic rings. The molecule has 2 N–H and O–H groups in total. The van der Waals surface area contributed by atoms with E-state index in [4.69, 9.17) is 0 Å². The second-order valence-electron chi connectivity index (χ2n) is 3.79. The predicted octanol–water partition coefficient (Wildman–Crippen LogP) is 1.52. The third kappa shape index (κ3) is 3.11. The lowest BCUT2D eigenvalue weighted by Crippen LogP contribution is -2.54. The van der Waals surface area contributed by atoms with Gasteiger partial charge >= 0.3 is 0 Å². The van der Waals surface area contributed by atoms with Crippen LogP contribution in [0.3, 0.4) is 0 Å². The van der Waals surface area contributed by atoms with Gasteiger partial charge in [-0.1, -0.05) is 26.7 Å². The summed E-state index contributed by atoms with van der Waals surface area (Å²) in [5.41, 5.74) is 0. The molecule has 1 aliphatic heterocycles. The van der Waals surface area contributed by atoms with Gasteiger partial charge in [-0.05, 0) is 12.8 Å². The van der Waals surface area contributed by atoms with Crippen molar-refractivity contribution in [3.63, 3.8) is 0 Å². The standard InChI is InChI=1S/C10H22N2/c1-3-5-9-7-12-10(6-4-2)8-11-9/h9-12H,3-8H2,1-2H3. The Hall–Kier alpha value is -0.0800. The van der Waals surface area contributed by atoms with Crippen molar-refractivity contribution in [2.75, 3.05) is 13.1 Å². The van der Waals surface area contributed by atoms with Crippen molar-refractivity contribution in [2.24, 2.45) is 0 Å². The van der Waals surface area contributed by atoms with Crippen LogP contribution in [0.1, 0.15) is 39.5 Å². The maximum atomic E-state index is 3.59. The highest BCUT2D eigenvalue weighted by Crippen LogP contribution is 2.04. The molecule has 2 heteroatoms. The average Bonchev–Trinajstić information content (AvgIpc) is 2.09. The average molecular weight is 170 g/mol. The zero-order chi connectivity index (χ0) is 8.81. The van der Waals surface area contributed by atoms with Crippen LogP contribution in [0.4, 0.5) is 0 Å². The molecule has 72 valence electrons. The van der Waals surface area contributed by atoms with E-state index < -0.39 is 0 Å². The Morgan fingerprint density at radius 1 is 0.917 bits per heavy atom. The third-order valence-corrected chi connectivity index (χ3v) is 2.58. The Bertz CT molecular complexity index is 92.4. The van der Waals surface area contributed by atoms with Crippen molar-refractivity contribution in [3.05, 3.63) is 0 Å². The summed E-state index contributed by atoms with van der Waals surface area (Å²) < 4.78 is 0. The first-order chi connectivity index (χ1) is 5.86. The first-order valence-electron chi connectivity index (χ1n) is 5.33. The lowest BCUT2D eigenvalue weighted by molar-refractivity contribution is 0.320. The number of rotatable bonds is 4. The molecule has 1 fully saturated rings. The van der Waals surface area contributed by atoms with Gasteiger partial charge in [-0.15, -0.1) is 0 Å². The summed E-state index contributed by atoms with van der Waals surface area (Å²) in [6.07, 6.45) is 5.20. The second kappa shape index (κ2) is 5.55. The van der Waals surface area contributed by atoms with Crippen LogP contribution in [0.25, 0.3) is 0 Å². The minimum atomic E-state index is 0.725. The van der Waals surface area contributed by atoms with E-state index in [-0.39, 0.29) is 0 Å². The van der Waals surface area contributed by atoms with Gasteiger partial charge in [0.1, 0.15) is 0 Å². The van der Waals surface area contributed by atoms with Crippen LogP contribution < -0.4 is 10.6 Å². The van der Waals surface area contributed by atoms with Crippen LogP contribution in [0.15, 0.2) is 0 Å². The van der Waals surface area contributed by atoms with Crippen molar-refractivity contribution < 1.29 is 0 Å². The molecule has 1 saturated heterocycles. The van der Waals surface area contributed by atoms with Crippen LogP contribution in [0.2, 0.25) is 0 Å². The lowest BCUT2D eigenvalue weighted by atomic mass is 10.1. The van der Waals surface area contributed by atoms with E-state index in [2.05, 4.69) is 24.5 Å². The quantitative estimate of drug-likeness (QED) is 0.668. The van der Waals surface area contributed by atoms with Crippen LogP contribution in [-0.4, -0.2) is 25.2 Å². The summed E-state index contributed by atoms with van der Waals surface area (Å²) >= 11 is 0. The van der Waals surface area contributed by atoms with E-state index in [1.807, 2.05) is 0 Å². The fourth-order valence-electron chi connectivity index (χ4n) is 1.87. The van der Waals surface area contributed by atoms with E-state index >= 15 is 0 Å². The molecule has 0 aromatic heterocycles. The zero-order valence-electron chi connectivity index (χ0n) is 8.40. The van der Waals surface area contributed by atoms with E-state index in [0.29, 0.717) is 0 Å². The highest BCUT2D eigenvalue weighted by molar-refractivity contribution is 4.82. The third-order valence-electron chi connectivity index (χ3n) is 2.58.